The van der Waals surface area contributed by atoms with Gasteiger partial charge in [0.2, 0.25) is 11.8 Å². The number of likely N-dealkylation sites (tertiary alicyclic amines) is 1. The Morgan fingerprint density at radius 2 is 1.82 bits per heavy atom. The summed E-state index contributed by atoms with van der Waals surface area (Å²) in [7, 11) is 0. The highest BCUT2D eigenvalue weighted by molar-refractivity contribution is 5.89. The molecule has 1 aromatic carbocycles. The van der Waals surface area contributed by atoms with Gasteiger partial charge >= 0.3 is 6.03 Å². The lowest BCUT2D eigenvalue weighted by molar-refractivity contribution is -0.153. The zero-order valence-corrected chi connectivity index (χ0v) is 15.9. The van der Waals surface area contributed by atoms with Crippen LogP contribution in [-0.2, 0) is 16.0 Å². The van der Waals surface area contributed by atoms with Crippen molar-refractivity contribution >= 4 is 17.8 Å². The van der Waals surface area contributed by atoms with E-state index in [1.54, 1.807) is 18.2 Å². The standard InChI is InChI=1S/C20H27FN4O3/c21-16-9-5-4-6-14(16)10-20(18(27)24-15-7-2-1-3-8-15)12-25(13-20)17(26)11-23-19(22)28/h4-6,9,15H,1-3,7-8,10-13H2,(H,24,27)(H3,22,23,28). The van der Waals surface area contributed by atoms with Crippen molar-refractivity contribution < 1.29 is 18.8 Å². The van der Waals surface area contributed by atoms with Gasteiger partial charge in [0.05, 0.1) is 12.0 Å². The molecule has 0 aromatic heterocycles. The Balaban J connectivity index is 1.70. The van der Waals surface area contributed by atoms with Crippen molar-refractivity contribution in [3.63, 3.8) is 0 Å². The molecule has 28 heavy (non-hydrogen) atoms. The summed E-state index contributed by atoms with van der Waals surface area (Å²) in [6, 6.07) is 5.76. The Kier molecular flexibility index (Phi) is 6.16. The van der Waals surface area contributed by atoms with Gasteiger partial charge in [0, 0.05) is 19.1 Å². The lowest BCUT2D eigenvalue weighted by Gasteiger charge is -2.49. The number of hydrogen-bond donors (Lipinski definition) is 3. The fourth-order valence-electron chi connectivity index (χ4n) is 4.06. The topological polar surface area (TPSA) is 105 Å². The van der Waals surface area contributed by atoms with Crippen LogP contribution < -0.4 is 16.4 Å². The third-order valence-corrected chi connectivity index (χ3v) is 5.66. The van der Waals surface area contributed by atoms with Crippen LogP contribution >= 0.6 is 0 Å². The minimum absolute atomic E-state index is 0.130. The van der Waals surface area contributed by atoms with Crippen LogP contribution in [0, 0.1) is 11.2 Å². The zero-order valence-electron chi connectivity index (χ0n) is 15.9. The third kappa shape index (κ3) is 4.61. The molecule has 0 unspecified atom stereocenters. The number of halogens is 1. The third-order valence-electron chi connectivity index (χ3n) is 5.66. The Hall–Kier alpha value is -2.64. The molecule has 2 aliphatic rings. The van der Waals surface area contributed by atoms with Gasteiger partial charge in [0.1, 0.15) is 5.82 Å². The maximum absolute atomic E-state index is 14.2. The summed E-state index contributed by atoms with van der Waals surface area (Å²) in [5.74, 6) is -0.796. The van der Waals surface area contributed by atoms with E-state index in [1.807, 2.05) is 0 Å². The molecule has 4 N–H and O–H groups in total. The summed E-state index contributed by atoms with van der Waals surface area (Å²) in [4.78, 5) is 37.6. The highest BCUT2D eigenvalue weighted by Gasteiger charge is 2.51. The number of carbonyl (C=O) groups is 3. The van der Waals surface area contributed by atoms with E-state index in [1.165, 1.54) is 17.4 Å². The monoisotopic (exact) mass is 390 g/mol. The molecular formula is C20H27FN4O3. The summed E-state index contributed by atoms with van der Waals surface area (Å²) < 4.78 is 14.2. The zero-order chi connectivity index (χ0) is 20.1. The molecule has 0 bridgehead atoms. The molecule has 0 atom stereocenters. The second-order valence-electron chi connectivity index (χ2n) is 7.82. The summed E-state index contributed by atoms with van der Waals surface area (Å²) in [6.45, 7) is 0.174. The van der Waals surface area contributed by atoms with Gasteiger partial charge in [-0.25, -0.2) is 9.18 Å². The average Bonchev–Trinajstić information content (AvgIpc) is 2.64. The smallest absolute Gasteiger partial charge is 0.312 e. The normalized spacial score (nSPS) is 18.8. The van der Waals surface area contributed by atoms with E-state index >= 15 is 0 Å². The second-order valence-corrected chi connectivity index (χ2v) is 7.82. The maximum atomic E-state index is 14.2. The number of nitrogens with zero attached hydrogens (tertiary/aromatic N) is 1. The molecule has 2 fully saturated rings. The highest BCUT2D eigenvalue weighted by Crippen LogP contribution is 2.36. The Bertz CT molecular complexity index is 743. The molecule has 8 heteroatoms. The van der Waals surface area contributed by atoms with Crippen LogP contribution in [0.25, 0.3) is 0 Å². The number of benzene rings is 1. The molecule has 1 saturated carbocycles. The molecule has 1 heterocycles. The fraction of sp³-hybridized carbons (Fsp3) is 0.550. The van der Waals surface area contributed by atoms with Gasteiger partial charge in [-0.15, -0.1) is 0 Å². The SMILES string of the molecule is NC(=O)NCC(=O)N1CC(Cc2ccccc2F)(C(=O)NC2CCCCC2)C1. The Morgan fingerprint density at radius 3 is 2.46 bits per heavy atom. The molecule has 1 aromatic rings. The van der Waals surface area contributed by atoms with Crippen LogP contribution in [0.1, 0.15) is 37.7 Å². The van der Waals surface area contributed by atoms with E-state index in [2.05, 4.69) is 10.6 Å². The first kappa shape index (κ1) is 20.1. The van der Waals surface area contributed by atoms with Crippen molar-refractivity contribution in [2.45, 2.75) is 44.6 Å². The molecule has 1 saturated heterocycles. The summed E-state index contributed by atoms with van der Waals surface area (Å²) >= 11 is 0. The van der Waals surface area contributed by atoms with E-state index in [0.717, 1.165) is 25.7 Å². The fourth-order valence-corrected chi connectivity index (χ4v) is 4.06. The van der Waals surface area contributed by atoms with Gasteiger partial charge in [0.15, 0.2) is 0 Å². The number of nitrogens with one attached hydrogen (secondary N) is 2. The van der Waals surface area contributed by atoms with Crippen molar-refractivity contribution in [3.05, 3.63) is 35.6 Å². The largest absolute Gasteiger partial charge is 0.353 e. The highest BCUT2D eigenvalue weighted by atomic mass is 19.1. The lowest BCUT2D eigenvalue weighted by Crippen LogP contribution is -2.67. The van der Waals surface area contributed by atoms with Crippen LogP contribution in [-0.4, -0.2) is 48.4 Å². The van der Waals surface area contributed by atoms with Gasteiger partial charge < -0.3 is 21.3 Å². The van der Waals surface area contributed by atoms with Crippen LogP contribution in [0.5, 0.6) is 0 Å². The van der Waals surface area contributed by atoms with Crippen molar-refractivity contribution in [2.75, 3.05) is 19.6 Å². The van der Waals surface area contributed by atoms with E-state index in [0.29, 0.717) is 5.56 Å². The molecule has 0 spiro atoms. The maximum Gasteiger partial charge on any atom is 0.312 e. The number of amides is 4. The number of hydrogen-bond acceptors (Lipinski definition) is 3. The molecule has 3 rings (SSSR count). The molecule has 0 radical (unpaired) electrons. The molecule has 7 nitrogen and oxygen atoms in total. The average molecular weight is 390 g/mol. The minimum Gasteiger partial charge on any atom is -0.353 e. The van der Waals surface area contributed by atoms with Crippen molar-refractivity contribution in [1.82, 2.24) is 15.5 Å². The Labute approximate surface area is 163 Å². The first-order valence-electron chi connectivity index (χ1n) is 9.75. The van der Waals surface area contributed by atoms with Crippen molar-refractivity contribution in [2.24, 2.45) is 11.1 Å². The quantitative estimate of drug-likeness (QED) is 0.682. The molecule has 152 valence electrons. The number of rotatable bonds is 6. The van der Waals surface area contributed by atoms with Gasteiger partial charge in [-0.1, -0.05) is 37.5 Å². The van der Waals surface area contributed by atoms with Crippen LogP contribution in [0.3, 0.4) is 0 Å². The number of carbonyl (C=O) groups excluding carboxylic acids is 3. The predicted octanol–water partition coefficient (Wildman–Crippen LogP) is 1.31. The summed E-state index contributed by atoms with van der Waals surface area (Å²) in [5, 5.41) is 5.38. The van der Waals surface area contributed by atoms with Crippen LogP contribution in [0.2, 0.25) is 0 Å². The minimum atomic E-state index is -0.859. The van der Waals surface area contributed by atoms with Gasteiger partial charge in [-0.2, -0.15) is 0 Å². The van der Waals surface area contributed by atoms with E-state index in [4.69, 9.17) is 5.73 Å². The molecular weight excluding hydrogens is 363 g/mol. The van der Waals surface area contributed by atoms with Crippen molar-refractivity contribution in [1.29, 1.82) is 0 Å². The second kappa shape index (κ2) is 8.58. The van der Waals surface area contributed by atoms with Crippen LogP contribution in [0.4, 0.5) is 9.18 Å². The lowest BCUT2D eigenvalue weighted by atomic mass is 9.73. The number of nitrogens with two attached hydrogens (primary N) is 1. The summed E-state index contributed by atoms with van der Waals surface area (Å²) in [6.07, 6.45) is 5.50. The molecule has 1 aliphatic heterocycles. The van der Waals surface area contributed by atoms with E-state index < -0.39 is 11.4 Å². The first-order valence-corrected chi connectivity index (χ1v) is 9.75. The number of urea groups is 1. The van der Waals surface area contributed by atoms with E-state index in [9.17, 15) is 18.8 Å². The molecule has 4 amide bonds. The van der Waals surface area contributed by atoms with Gasteiger partial charge in [-0.3, -0.25) is 9.59 Å². The van der Waals surface area contributed by atoms with Crippen molar-refractivity contribution in [3.8, 4) is 0 Å². The van der Waals surface area contributed by atoms with Crippen LogP contribution in [0.15, 0.2) is 24.3 Å². The first-order chi connectivity index (χ1) is 13.4. The Morgan fingerprint density at radius 1 is 1.14 bits per heavy atom. The predicted molar refractivity (Wildman–Crippen MR) is 102 cm³/mol. The summed E-state index contributed by atoms with van der Waals surface area (Å²) in [5.41, 5.74) is 4.60. The van der Waals surface area contributed by atoms with E-state index in [-0.39, 0.29) is 49.7 Å². The number of primary amides is 1. The van der Waals surface area contributed by atoms with Gasteiger partial charge in [0.25, 0.3) is 0 Å². The molecule has 1 aliphatic carbocycles. The van der Waals surface area contributed by atoms with Gasteiger partial charge in [-0.05, 0) is 30.9 Å².